The lowest BCUT2D eigenvalue weighted by molar-refractivity contribution is 0.273. The molecule has 2 rings (SSSR count). The number of guanidine groups is 1. The quantitative estimate of drug-likeness (QED) is 0.414. The summed E-state index contributed by atoms with van der Waals surface area (Å²) in [4.78, 5) is 7.07. The van der Waals surface area contributed by atoms with Gasteiger partial charge >= 0.3 is 0 Å². The number of methoxy groups -OCH3 is 1. The first-order valence-corrected chi connectivity index (χ1v) is 8.53. The summed E-state index contributed by atoms with van der Waals surface area (Å²) in [6.45, 7) is 8.08. The maximum absolute atomic E-state index is 10.0. The summed E-state index contributed by atoms with van der Waals surface area (Å²) >= 11 is 0. The average molecular weight is 447 g/mol. The summed E-state index contributed by atoms with van der Waals surface area (Å²) in [6.07, 6.45) is 3.17. The highest BCUT2D eigenvalue weighted by Crippen LogP contribution is 2.23. The van der Waals surface area contributed by atoms with E-state index in [1.807, 2.05) is 12.1 Å². The van der Waals surface area contributed by atoms with Crippen molar-refractivity contribution in [3.8, 4) is 11.5 Å². The molecule has 1 aromatic rings. The van der Waals surface area contributed by atoms with Gasteiger partial charge in [-0.1, -0.05) is 13.0 Å². The van der Waals surface area contributed by atoms with Gasteiger partial charge in [-0.05, 0) is 43.7 Å². The normalized spacial score (nSPS) is 15.8. The van der Waals surface area contributed by atoms with Crippen LogP contribution in [0.1, 0.15) is 32.3 Å². The molecule has 5 nitrogen and oxygen atoms in total. The molecule has 1 aliphatic rings. The van der Waals surface area contributed by atoms with Gasteiger partial charge in [0.25, 0.3) is 0 Å². The second-order valence-electron chi connectivity index (χ2n) is 6.15. The van der Waals surface area contributed by atoms with Crippen LogP contribution in [-0.2, 0) is 6.42 Å². The van der Waals surface area contributed by atoms with Crippen molar-refractivity contribution in [2.45, 2.75) is 33.1 Å². The zero-order valence-corrected chi connectivity index (χ0v) is 17.2. The highest BCUT2D eigenvalue weighted by Gasteiger charge is 2.18. The van der Waals surface area contributed by atoms with E-state index in [-0.39, 0.29) is 29.7 Å². The number of ether oxygens (including phenoxy) is 1. The van der Waals surface area contributed by atoms with Gasteiger partial charge in [-0.15, -0.1) is 24.0 Å². The molecule has 0 amide bonds. The number of likely N-dealkylation sites (tertiary alicyclic amines) is 1. The minimum absolute atomic E-state index is 0. The summed E-state index contributed by atoms with van der Waals surface area (Å²) < 4.78 is 5.11. The predicted octanol–water partition coefficient (Wildman–Crippen LogP) is 3.26. The molecule has 136 valence electrons. The number of halogens is 1. The monoisotopic (exact) mass is 447 g/mol. The number of nitrogens with one attached hydrogen (secondary N) is 1. The lowest BCUT2D eigenvalue weighted by atomic mass is 10.00. The average Bonchev–Trinajstić information content (AvgIpc) is 2.56. The summed E-state index contributed by atoms with van der Waals surface area (Å²) in [6, 6.07) is 5.42. The highest BCUT2D eigenvalue weighted by atomic mass is 127. The number of hydrogen-bond donors (Lipinski definition) is 2. The molecule has 0 atom stereocenters. The number of phenols is 1. The molecule has 1 fully saturated rings. The highest BCUT2D eigenvalue weighted by molar-refractivity contribution is 14.0. The first-order valence-electron chi connectivity index (χ1n) is 8.53. The Bertz CT molecular complexity index is 529. The van der Waals surface area contributed by atoms with Crippen LogP contribution in [0.25, 0.3) is 0 Å². The molecule has 0 radical (unpaired) electrons. The van der Waals surface area contributed by atoms with Crippen molar-refractivity contribution in [1.29, 1.82) is 0 Å². The Kier molecular flexibility index (Phi) is 9.25. The number of phenolic OH excluding ortho intramolecular Hbond substituents is 1. The van der Waals surface area contributed by atoms with Crippen LogP contribution in [0.3, 0.4) is 0 Å². The molecule has 0 bridgehead atoms. The molecule has 0 unspecified atom stereocenters. The Balaban J connectivity index is 0.00000288. The molecular formula is C18H30IN3O2. The van der Waals surface area contributed by atoms with Crippen LogP contribution in [0, 0.1) is 5.92 Å². The smallest absolute Gasteiger partial charge is 0.193 e. The standard InChI is InChI=1S/C18H29N3O2.HI/c1-4-19-18(21-11-8-14(2)9-12-21)20-10-7-15-5-6-16(23-3)13-17(15)22;/h5-6,13-14,22H,4,7-12H2,1-3H3,(H,19,20);1H. The SMILES string of the molecule is CCNC(=NCCc1ccc(OC)cc1O)N1CCC(C)CC1.I. The second kappa shape index (κ2) is 10.6. The van der Waals surface area contributed by atoms with Crippen molar-refractivity contribution in [3.05, 3.63) is 23.8 Å². The first-order chi connectivity index (χ1) is 11.1. The first kappa shape index (κ1) is 20.9. The maximum atomic E-state index is 10.0. The Morgan fingerprint density at radius 2 is 2.08 bits per heavy atom. The fraction of sp³-hybridized carbons (Fsp3) is 0.611. The number of benzene rings is 1. The number of aromatic hydroxyl groups is 1. The summed E-state index contributed by atoms with van der Waals surface area (Å²) in [5.74, 6) is 2.75. The summed E-state index contributed by atoms with van der Waals surface area (Å²) in [7, 11) is 1.60. The molecule has 1 heterocycles. The van der Waals surface area contributed by atoms with Crippen LogP contribution in [0.4, 0.5) is 0 Å². The lowest BCUT2D eigenvalue weighted by Gasteiger charge is -2.33. The number of rotatable bonds is 5. The van der Waals surface area contributed by atoms with E-state index < -0.39 is 0 Å². The van der Waals surface area contributed by atoms with E-state index >= 15 is 0 Å². The molecule has 24 heavy (non-hydrogen) atoms. The van der Waals surface area contributed by atoms with E-state index in [1.165, 1.54) is 12.8 Å². The fourth-order valence-corrected chi connectivity index (χ4v) is 2.81. The summed E-state index contributed by atoms with van der Waals surface area (Å²) in [5, 5.41) is 13.4. The number of aliphatic imine (C=N–C) groups is 1. The van der Waals surface area contributed by atoms with Gasteiger partial charge in [0.15, 0.2) is 5.96 Å². The van der Waals surface area contributed by atoms with Crippen LogP contribution in [-0.4, -0.2) is 49.3 Å². The zero-order chi connectivity index (χ0) is 16.7. The van der Waals surface area contributed by atoms with E-state index in [2.05, 4.69) is 24.1 Å². The molecule has 1 aromatic carbocycles. The second-order valence-corrected chi connectivity index (χ2v) is 6.15. The molecule has 2 N–H and O–H groups in total. The molecular weight excluding hydrogens is 417 g/mol. The van der Waals surface area contributed by atoms with Crippen LogP contribution < -0.4 is 10.1 Å². The van der Waals surface area contributed by atoms with Crippen molar-refractivity contribution in [2.24, 2.45) is 10.9 Å². The van der Waals surface area contributed by atoms with Gasteiger partial charge in [0.05, 0.1) is 7.11 Å². The lowest BCUT2D eigenvalue weighted by Crippen LogP contribution is -2.45. The Morgan fingerprint density at radius 3 is 2.67 bits per heavy atom. The molecule has 0 spiro atoms. The third-order valence-electron chi connectivity index (χ3n) is 4.35. The van der Waals surface area contributed by atoms with Crippen LogP contribution in [0.15, 0.2) is 23.2 Å². The predicted molar refractivity (Wildman–Crippen MR) is 110 cm³/mol. The van der Waals surface area contributed by atoms with E-state index in [9.17, 15) is 5.11 Å². The molecule has 0 aliphatic carbocycles. The maximum Gasteiger partial charge on any atom is 0.193 e. The molecule has 1 saturated heterocycles. The van der Waals surface area contributed by atoms with Gasteiger partial charge in [-0.3, -0.25) is 4.99 Å². The largest absolute Gasteiger partial charge is 0.508 e. The minimum Gasteiger partial charge on any atom is -0.508 e. The van der Waals surface area contributed by atoms with Crippen LogP contribution >= 0.6 is 24.0 Å². The van der Waals surface area contributed by atoms with Crippen molar-refractivity contribution >= 4 is 29.9 Å². The van der Waals surface area contributed by atoms with Crippen molar-refractivity contribution < 1.29 is 9.84 Å². The number of piperidine rings is 1. The number of hydrogen-bond acceptors (Lipinski definition) is 3. The van der Waals surface area contributed by atoms with Gasteiger partial charge < -0.3 is 20.1 Å². The van der Waals surface area contributed by atoms with Gasteiger partial charge in [-0.2, -0.15) is 0 Å². The van der Waals surface area contributed by atoms with Crippen LogP contribution in [0.2, 0.25) is 0 Å². The third-order valence-corrected chi connectivity index (χ3v) is 4.35. The molecule has 0 aromatic heterocycles. The van der Waals surface area contributed by atoms with Gasteiger partial charge in [-0.25, -0.2) is 0 Å². The molecule has 6 heteroatoms. The molecule has 0 saturated carbocycles. The Labute approximate surface area is 162 Å². The van der Waals surface area contributed by atoms with Crippen molar-refractivity contribution in [2.75, 3.05) is 33.3 Å². The fourth-order valence-electron chi connectivity index (χ4n) is 2.81. The van der Waals surface area contributed by atoms with E-state index in [4.69, 9.17) is 9.73 Å². The van der Waals surface area contributed by atoms with Crippen molar-refractivity contribution in [3.63, 3.8) is 0 Å². The zero-order valence-electron chi connectivity index (χ0n) is 14.9. The van der Waals surface area contributed by atoms with E-state index in [0.29, 0.717) is 12.3 Å². The summed E-state index contributed by atoms with van der Waals surface area (Å²) in [5.41, 5.74) is 0.901. The number of nitrogens with zero attached hydrogens (tertiary/aromatic N) is 2. The van der Waals surface area contributed by atoms with E-state index in [1.54, 1.807) is 13.2 Å². The minimum atomic E-state index is 0. The Morgan fingerprint density at radius 1 is 1.38 bits per heavy atom. The topological polar surface area (TPSA) is 57.1 Å². The van der Waals surface area contributed by atoms with Gasteiger partial charge in [0.1, 0.15) is 11.5 Å². The third kappa shape index (κ3) is 6.03. The van der Waals surface area contributed by atoms with Gasteiger partial charge in [0.2, 0.25) is 0 Å². The van der Waals surface area contributed by atoms with Gasteiger partial charge in [0, 0.05) is 32.2 Å². The van der Waals surface area contributed by atoms with E-state index in [0.717, 1.165) is 43.5 Å². The van der Waals surface area contributed by atoms with Crippen LogP contribution in [0.5, 0.6) is 11.5 Å². The Hall–Kier alpha value is -1.18. The van der Waals surface area contributed by atoms with Crippen molar-refractivity contribution in [1.82, 2.24) is 10.2 Å². The molecule has 1 aliphatic heterocycles.